The third-order valence-corrected chi connectivity index (χ3v) is 3.86. The molecular weight excluding hydrogens is 222 g/mol. The first-order valence-electron chi connectivity index (χ1n) is 6.29. The maximum absolute atomic E-state index is 8.85. The van der Waals surface area contributed by atoms with Crippen LogP contribution in [0.4, 0.5) is 0 Å². The normalized spacial score (nSPS) is 22.2. The van der Waals surface area contributed by atoms with Crippen LogP contribution in [0.5, 0.6) is 0 Å². The molecule has 0 saturated carbocycles. The summed E-state index contributed by atoms with van der Waals surface area (Å²) in [5.74, 6) is 1.01. The molecule has 0 unspecified atom stereocenters. The zero-order valence-corrected chi connectivity index (χ0v) is 10.4. The standard InChI is InChI=1S/C15H15N3/c1-11-6-7-18-10-17-9-14(18)15(11)13-4-2-12(8-16)3-5-13/h2-5,9-11,15H,6-7H2,1H3/t11-,15+/m1/s1. The minimum absolute atomic E-state index is 0.397. The quantitative estimate of drug-likeness (QED) is 0.765. The van der Waals surface area contributed by atoms with E-state index in [1.54, 1.807) is 0 Å². The smallest absolute Gasteiger partial charge is 0.0991 e. The highest BCUT2D eigenvalue weighted by atomic mass is 15.1. The summed E-state index contributed by atoms with van der Waals surface area (Å²) < 4.78 is 2.24. The van der Waals surface area contributed by atoms with Gasteiger partial charge in [-0.1, -0.05) is 19.1 Å². The first-order valence-corrected chi connectivity index (χ1v) is 6.29. The summed E-state index contributed by atoms with van der Waals surface area (Å²) in [5.41, 5.74) is 3.29. The molecule has 0 N–H and O–H groups in total. The van der Waals surface area contributed by atoms with Crippen LogP contribution in [-0.2, 0) is 6.54 Å². The second-order valence-corrected chi connectivity index (χ2v) is 4.99. The Balaban J connectivity index is 2.03. The molecule has 0 amide bonds. The van der Waals surface area contributed by atoms with Gasteiger partial charge >= 0.3 is 0 Å². The Morgan fingerprint density at radius 2 is 2.11 bits per heavy atom. The van der Waals surface area contributed by atoms with Crippen LogP contribution in [0, 0.1) is 17.2 Å². The fourth-order valence-corrected chi connectivity index (χ4v) is 2.84. The van der Waals surface area contributed by atoms with Gasteiger partial charge in [-0.05, 0) is 30.0 Å². The van der Waals surface area contributed by atoms with Crippen molar-refractivity contribution in [1.29, 1.82) is 5.26 Å². The molecule has 0 radical (unpaired) electrons. The van der Waals surface area contributed by atoms with Gasteiger partial charge in [0.2, 0.25) is 0 Å². The molecule has 1 aliphatic heterocycles. The number of nitriles is 1. The molecular formula is C15H15N3. The van der Waals surface area contributed by atoms with Crippen molar-refractivity contribution >= 4 is 0 Å². The second kappa shape index (κ2) is 4.30. The number of imidazole rings is 1. The van der Waals surface area contributed by atoms with Crippen molar-refractivity contribution in [2.75, 3.05) is 0 Å². The monoisotopic (exact) mass is 237 g/mol. The minimum Gasteiger partial charge on any atom is -0.334 e. The number of hydrogen-bond donors (Lipinski definition) is 0. The van der Waals surface area contributed by atoms with Gasteiger partial charge in [0.25, 0.3) is 0 Å². The van der Waals surface area contributed by atoms with Crippen molar-refractivity contribution in [3.8, 4) is 6.07 Å². The first-order chi connectivity index (χ1) is 8.79. The predicted molar refractivity (Wildman–Crippen MR) is 69.0 cm³/mol. The lowest BCUT2D eigenvalue weighted by molar-refractivity contribution is 0.374. The van der Waals surface area contributed by atoms with Gasteiger partial charge in [0.05, 0.1) is 18.0 Å². The van der Waals surface area contributed by atoms with Crippen LogP contribution in [0.25, 0.3) is 0 Å². The lowest BCUT2D eigenvalue weighted by atomic mass is 9.80. The summed E-state index contributed by atoms with van der Waals surface area (Å²) in [6.07, 6.45) is 5.06. The van der Waals surface area contributed by atoms with E-state index in [9.17, 15) is 0 Å². The molecule has 2 aromatic rings. The van der Waals surface area contributed by atoms with Crippen LogP contribution in [0.3, 0.4) is 0 Å². The van der Waals surface area contributed by atoms with Crippen LogP contribution in [0.2, 0.25) is 0 Å². The Hall–Kier alpha value is -2.08. The SMILES string of the molecule is C[C@@H]1CCn2cncc2[C@@H]1c1ccc(C#N)cc1. The van der Waals surface area contributed by atoms with Gasteiger partial charge in [-0.3, -0.25) is 0 Å². The number of rotatable bonds is 1. The topological polar surface area (TPSA) is 41.6 Å². The van der Waals surface area contributed by atoms with Crippen molar-refractivity contribution in [3.63, 3.8) is 0 Å². The third-order valence-electron chi connectivity index (χ3n) is 3.86. The van der Waals surface area contributed by atoms with Crippen molar-refractivity contribution in [3.05, 3.63) is 53.6 Å². The Kier molecular flexibility index (Phi) is 2.64. The third kappa shape index (κ3) is 1.70. The molecule has 2 heterocycles. The number of hydrogen-bond acceptors (Lipinski definition) is 2. The van der Waals surface area contributed by atoms with Crippen LogP contribution in [0.1, 0.15) is 36.1 Å². The summed E-state index contributed by atoms with van der Waals surface area (Å²) in [5, 5.41) is 8.85. The average Bonchev–Trinajstić information content (AvgIpc) is 2.87. The van der Waals surface area contributed by atoms with E-state index in [2.05, 4.69) is 34.7 Å². The average molecular weight is 237 g/mol. The zero-order chi connectivity index (χ0) is 12.5. The lowest BCUT2D eigenvalue weighted by Gasteiger charge is -2.30. The molecule has 3 heteroatoms. The highest BCUT2D eigenvalue weighted by Crippen LogP contribution is 2.37. The molecule has 0 spiro atoms. The summed E-state index contributed by atoms with van der Waals surface area (Å²) >= 11 is 0. The number of fused-ring (bicyclic) bond motifs is 1. The van der Waals surface area contributed by atoms with E-state index in [1.165, 1.54) is 17.7 Å². The Morgan fingerprint density at radius 3 is 2.83 bits per heavy atom. The highest BCUT2D eigenvalue weighted by molar-refractivity contribution is 5.36. The molecule has 0 fully saturated rings. The van der Waals surface area contributed by atoms with Crippen molar-refractivity contribution < 1.29 is 0 Å². The van der Waals surface area contributed by atoms with Gasteiger partial charge in [0.15, 0.2) is 0 Å². The van der Waals surface area contributed by atoms with E-state index >= 15 is 0 Å². The minimum atomic E-state index is 0.397. The molecule has 90 valence electrons. The van der Waals surface area contributed by atoms with Gasteiger partial charge in [-0.15, -0.1) is 0 Å². The summed E-state index contributed by atoms with van der Waals surface area (Å²) in [6, 6.07) is 10.1. The first kappa shape index (κ1) is 11.0. The summed E-state index contributed by atoms with van der Waals surface area (Å²) in [7, 11) is 0. The summed E-state index contributed by atoms with van der Waals surface area (Å²) in [4.78, 5) is 4.26. The molecule has 1 aromatic heterocycles. The van der Waals surface area contributed by atoms with Crippen molar-refractivity contribution in [2.24, 2.45) is 5.92 Å². The maximum Gasteiger partial charge on any atom is 0.0991 e. The van der Waals surface area contributed by atoms with Gasteiger partial charge in [-0.25, -0.2) is 4.98 Å². The molecule has 0 bridgehead atoms. The molecule has 0 saturated heterocycles. The molecule has 2 atom stereocenters. The van der Waals surface area contributed by atoms with Gasteiger partial charge < -0.3 is 4.57 Å². The molecule has 0 aliphatic carbocycles. The predicted octanol–water partition coefficient (Wildman–Crippen LogP) is 2.93. The largest absolute Gasteiger partial charge is 0.334 e. The Bertz CT molecular complexity index is 589. The zero-order valence-electron chi connectivity index (χ0n) is 10.4. The second-order valence-electron chi connectivity index (χ2n) is 4.99. The Labute approximate surface area is 107 Å². The number of aromatic nitrogens is 2. The van der Waals surface area contributed by atoms with E-state index in [0.29, 0.717) is 11.8 Å². The van der Waals surface area contributed by atoms with E-state index in [4.69, 9.17) is 5.26 Å². The van der Waals surface area contributed by atoms with Crippen molar-refractivity contribution in [2.45, 2.75) is 25.8 Å². The highest BCUT2D eigenvalue weighted by Gasteiger charge is 2.28. The number of nitrogens with zero attached hydrogens (tertiary/aromatic N) is 3. The lowest BCUT2D eigenvalue weighted by Crippen LogP contribution is -2.22. The van der Waals surface area contributed by atoms with Crippen LogP contribution in [-0.4, -0.2) is 9.55 Å². The van der Waals surface area contributed by atoms with E-state index in [0.717, 1.165) is 12.1 Å². The van der Waals surface area contributed by atoms with Crippen molar-refractivity contribution in [1.82, 2.24) is 9.55 Å². The van der Waals surface area contributed by atoms with E-state index in [-0.39, 0.29) is 0 Å². The van der Waals surface area contributed by atoms with Crippen LogP contribution in [0.15, 0.2) is 36.8 Å². The van der Waals surface area contributed by atoms with E-state index < -0.39 is 0 Å². The molecule has 18 heavy (non-hydrogen) atoms. The molecule has 3 nitrogen and oxygen atoms in total. The summed E-state index contributed by atoms with van der Waals surface area (Å²) in [6.45, 7) is 3.35. The Morgan fingerprint density at radius 1 is 1.33 bits per heavy atom. The fourth-order valence-electron chi connectivity index (χ4n) is 2.84. The molecule has 3 rings (SSSR count). The fraction of sp³-hybridized carbons (Fsp3) is 0.333. The van der Waals surface area contributed by atoms with Gasteiger partial charge in [-0.2, -0.15) is 5.26 Å². The maximum atomic E-state index is 8.85. The van der Waals surface area contributed by atoms with Crippen LogP contribution >= 0.6 is 0 Å². The van der Waals surface area contributed by atoms with Crippen LogP contribution < -0.4 is 0 Å². The van der Waals surface area contributed by atoms with Gasteiger partial charge in [0.1, 0.15) is 0 Å². The number of aryl methyl sites for hydroxylation is 1. The number of benzene rings is 1. The van der Waals surface area contributed by atoms with E-state index in [1.807, 2.05) is 24.7 Å². The molecule has 1 aliphatic rings. The van der Waals surface area contributed by atoms with Gasteiger partial charge in [0, 0.05) is 24.4 Å². The molecule has 1 aromatic carbocycles.